The third-order valence-electron chi connectivity index (χ3n) is 2.82. The van der Waals surface area contributed by atoms with Gasteiger partial charge in [0.2, 0.25) is 0 Å². The summed E-state index contributed by atoms with van der Waals surface area (Å²) in [6, 6.07) is 0. The van der Waals surface area contributed by atoms with E-state index in [0.717, 1.165) is 0 Å². The summed E-state index contributed by atoms with van der Waals surface area (Å²) in [5, 5.41) is 0. The Hall–Kier alpha value is -1.22. The van der Waals surface area contributed by atoms with Crippen LogP contribution in [0.4, 0.5) is 0 Å². The first-order valence-corrected chi connectivity index (χ1v) is 6.99. The van der Waals surface area contributed by atoms with E-state index in [1.54, 1.807) is 0 Å². The predicted molar refractivity (Wildman–Crippen MR) is 76.0 cm³/mol. The molecular weight excluding hydrogens is 296 g/mol. The molecule has 8 heteroatoms. The molecule has 0 bridgehead atoms. The number of hydrogen-bond acceptors (Lipinski definition) is 8. The molecule has 22 heavy (non-hydrogen) atoms. The molecule has 130 valence electrons. The zero-order valence-corrected chi connectivity index (χ0v) is 13.7. The van der Waals surface area contributed by atoms with E-state index in [9.17, 15) is 9.59 Å². The van der Waals surface area contributed by atoms with Crippen LogP contribution in [0.25, 0.3) is 0 Å². The Morgan fingerprint density at radius 2 is 1.00 bits per heavy atom. The van der Waals surface area contributed by atoms with E-state index >= 15 is 0 Å². The highest BCUT2D eigenvalue weighted by atomic mass is 16.7. The van der Waals surface area contributed by atoms with Crippen LogP contribution in [-0.2, 0) is 38.0 Å². The smallest absolute Gasteiger partial charge is 0.305 e. The van der Waals surface area contributed by atoms with Crippen LogP contribution in [-0.4, -0.2) is 66.2 Å². The predicted octanol–water partition coefficient (Wildman–Crippen LogP) is 0.871. The minimum atomic E-state index is -0.562. The van der Waals surface area contributed by atoms with Crippen molar-refractivity contribution in [2.24, 2.45) is 0 Å². The van der Waals surface area contributed by atoms with Crippen LogP contribution in [0.2, 0.25) is 0 Å². The lowest BCUT2D eigenvalue weighted by atomic mass is 10.2. The maximum Gasteiger partial charge on any atom is 0.305 e. The molecule has 0 radical (unpaired) electrons. The third-order valence-corrected chi connectivity index (χ3v) is 2.82. The summed E-state index contributed by atoms with van der Waals surface area (Å²) in [6.07, 6.45) is 0.410. The highest BCUT2D eigenvalue weighted by Crippen LogP contribution is 2.04. The van der Waals surface area contributed by atoms with Gasteiger partial charge in [0, 0.05) is 41.3 Å². The molecule has 0 aromatic carbocycles. The van der Waals surface area contributed by atoms with Gasteiger partial charge in [-0.05, 0) is 12.8 Å². The number of carbonyl (C=O) groups excluding carboxylic acids is 2. The SMILES string of the molecule is COC(COC(=O)CCCCC(=O)OCC(OC)OC)OC. The Labute approximate surface area is 130 Å². The lowest BCUT2D eigenvalue weighted by Gasteiger charge is -2.13. The minimum absolute atomic E-state index is 0.0449. The summed E-state index contributed by atoms with van der Waals surface area (Å²) in [5.41, 5.74) is 0. The Balaban J connectivity index is 3.62. The average molecular weight is 322 g/mol. The Bertz CT molecular complexity index is 269. The van der Waals surface area contributed by atoms with Gasteiger partial charge in [-0.25, -0.2) is 0 Å². The first-order chi connectivity index (χ1) is 10.6. The quantitative estimate of drug-likeness (QED) is 0.280. The lowest BCUT2D eigenvalue weighted by Crippen LogP contribution is -2.23. The fourth-order valence-corrected chi connectivity index (χ4v) is 1.47. The van der Waals surface area contributed by atoms with Crippen molar-refractivity contribution in [2.45, 2.75) is 38.3 Å². The van der Waals surface area contributed by atoms with Gasteiger partial charge in [0.1, 0.15) is 13.2 Å². The van der Waals surface area contributed by atoms with Gasteiger partial charge >= 0.3 is 11.9 Å². The zero-order valence-electron chi connectivity index (χ0n) is 13.7. The standard InChI is InChI=1S/C14H26O8/c1-17-13(18-2)9-21-11(15)7-5-6-8-12(16)22-10-14(19-3)20-4/h13-14H,5-10H2,1-4H3. The van der Waals surface area contributed by atoms with Crippen LogP contribution in [0.15, 0.2) is 0 Å². The summed E-state index contributed by atoms with van der Waals surface area (Å²) in [5.74, 6) is -0.711. The number of unbranched alkanes of at least 4 members (excludes halogenated alkanes) is 1. The molecule has 0 aliphatic carbocycles. The van der Waals surface area contributed by atoms with E-state index in [-0.39, 0.29) is 38.0 Å². The Morgan fingerprint density at radius 1 is 0.682 bits per heavy atom. The molecule has 0 N–H and O–H groups in total. The maximum absolute atomic E-state index is 11.4. The van der Waals surface area contributed by atoms with Gasteiger partial charge in [0.05, 0.1) is 0 Å². The summed E-state index contributed by atoms with van der Waals surface area (Å²) < 4.78 is 29.5. The van der Waals surface area contributed by atoms with Crippen molar-refractivity contribution in [3.63, 3.8) is 0 Å². The molecule has 0 amide bonds. The monoisotopic (exact) mass is 322 g/mol. The fraction of sp³-hybridized carbons (Fsp3) is 0.857. The molecule has 0 rings (SSSR count). The molecule has 0 atom stereocenters. The van der Waals surface area contributed by atoms with Crippen molar-refractivity contribution in [2.75, 3.05) is 41.7 Å². The van der Waals surface area contributed by atoms with Gasteiger partial charge in [-0.3, -0.25) is 9.59 Å². The Morgan fingerprint density at radius 3 is 1.27 bits per heavy atom. The van der Waals surface area contributed by atoms with Crippen LogP contribution < -0.4 is 0 Å². The van der Waals surface area contributed by atoms with Crippen molar-refractivity contribution in [3.8, 4) is 0 Å². The first kappa shape index (κ1) is 20.8. The second-order valence-corrected chi connectivity index (χ2v) is 4.38. The van der Waals surface area contributed by atoms with Gasteiger partial charge in [-0.15, -0.1) is 0 Å². The second kappa shape index (κ2) is 13.4. The molecule has 0 aromatic rings. The van der Waals surface area contributed by atoms with Crippen molar-refractivity contribution in [1.82, 2.24) is 0 Å². The van der Waals surface area contributed by atoms with E-state index < -0.39 is 12.6 Å². The van der Waals surface area contributed by atoms with Crippen LogP contribution in [0.3, 0.4) is 0 Å². The van der Waals surface area contributed by atoms with Crippen molar-refractivity contribution >= 4 is 11.9 Å². The normalized spacial score (nSPS) is 11.0. The van der Waals surface area contributed by atoms with Crippen LogP contribution in [0.1, 0.15) is 25.7 Å². The molecule has 0 fully saturated rings. The number of carbonyl (C=O) groups is 2. The molecular formula is C14H26O8. The Kier molecular flexibility index (Phi) is 12.7. The largest absolute Gasteiger partial charge is 0.460 e. The molecule has 0 saturated heterocycles. The van der Waals surface area contributed by atoms with E-state index in [4.69, 9.17) is 28.4 Å². The van der Waals surface area contributed by atoms with Crippen LogP contribution >= 0.6 is 0 Å². The summed E-state index contributed by atoms with van der Waals surface area (Å²) >= 11 is 0. The number of rotatable bonds is 13. The van der Waals surface area contributed by atoms with Crippen LogP contribution in [0, 0.1) is 0 Å². The van der Waals surface area contributed by atoms with Gasteiger partial charge in [0.25, 0.3) is 0 Å². The van der Waals surface area contributed by atoms with Crippen molar-refractivity contribution in [1.29, 1.82) is 0 Å². The molecule has 0 spiro atoms. The summed E-state index contributed by atoms with van der Waals surface area (Å²) in [6.45, 7) is 0.0899. The summed E-state index contributed by atoms with van der Waals surface area (Å²) in [4.78, 5) is 22.9. The molecule has 0 heterocycles. The number of methoxy groups -OCH3 is 4. The third kappa shape index (κ3) is 10.5. The zero-order chi connectivity index (χ0) is 16.8. The van der Waals surface area contributed by atoms with Crippen molar-refractivity contribution < 1.29 is 38.0 Å². The van der Waals surface area contributed by atoms with Crippen LogP contribution in [0.5, 0.6) is 0 Å². The van der Waals surface area contributed by atoms with Gasteiger partial charge < -0.3 is 28.4 Å². The van der Waals surface area contributed by atoms with Gasteiger partial charge in [-0.2, -0.15) is 0 Å². The van der Waals surface area contributed by atoms with Gasteiger partial charge in [-0.1, -0.05) is 0 Å². The van der Waals surface area contributed by atoms with E-state index in [1.165, 1.54) is 28.4 Å². The van der Waals surface area contributed by atoms with Crippen molar-refractivity contribution in [3.05, 3.63) is 0 Å². The number of esters is 2. The van der Waals surface area contributed by atoms with E-state index in [1.807, 2.05) is 0 Å². The molecule has 0 unspecified atom stereocenters. The molecule has 0 aliphatic heterocycles. The number of hydrogen-bond donors (Lipinski definition) is 0. The van der Waals surface area contributed by atoms with Gasteiger partial charge in [0.15, 0.2) is 12.6 Å². The number of ether oxygens (including phenoxy) is 6. The topological polar surface area (TPSA) is 89.5 Å². The first-order valence-electron chi connectivity index (χ1n) is 6.99. The van der Waals surface area contributed by atoms with E-state index in [2.05, 4.69) is 0 Å². The molecule has 8 nitrogen and oxygen atoms in total. The maximum atomic E-state index is 11.4. The molecule has 0 aliphatic rings. The highest BCUT2D eigenvalue weighted by Gasteiger charge is 2.12. The highest BCUT2D eigenvalue weighted by molar-refractivity contribution is 5.70. The minimum Gasteiger partial charge on any atom is -0.460 e. The average Bonchev–Trinajstić information content (AvgIpc) is 2.53. The molecule has 0 saturated carbocycles. The molecule has 0 aromatic heterocycles. The van der Waals surface area contributed by atoms with E-state index in [0.29, 0.717) is 12.8 Å². The lowest BCUT2D eigenvalue weighted by molar-refractivity contribution is -0.168. The second-order valence-electron chi connectivity index (χ2n) is 4.38. The fourth-order valence-electron chi connectivity index (χ4n) is 1.47. The summed E-state index contributed by atoms with van der Waals surface area (Å²) in [7, 11) is 5.85.